The highest BCUT2D eigenvalue weighted by atomic mass is 35.5. The van der Waals surface area contributed by atoms with Crippen molar-refractivity contribution in [2.75, 3.05) is 11.6 Å². The van der Waals surface area contributed by atoms with Crippen molar-refractivity contribution in [1.82, 2.24) is 15.5 Å². The first-order chi connectivity index (χ1) is 11.5. The van der Waals surface area contributed by atoms with Gasteiger partial charge in [-0.15, -0.1) is 11.8 Å². The molecule has 24 heavy (non-hydrogen) atoms. The molecule has 1 aromatic rings. The van der Waals surface area contributed by atoms with Gasteiger partial charge in [-0.25, -0.2) is 0 Å². The summed E-state index contributed by atoms with van der Waals surface area (Å²) in [6.07, 6.45) is 0.864. The minimum atomic E-state index is -0.497. The minimum absolute atomic E-state index is 0.107. The average molecular weight is 368 g/mol. The molecule has 0 bridgehead atoms. The van der Waals surface area contributed by atoms with Crippen LogP contribution >= 0.6 is 23.4 Å². The molecule has 2 N–H and O–H groups in total. The van der Waals surface area contributed by atoms with Gasteiger partial charge in [-0.3, -0.25) is 14.4 Å². The molecule has 2 fully saturated rings. The van der Waals surface area contributed by atoms with Crippen molar-refractivity contribution < 1.29 is 14.4 Å². The smallest absolute Gasteiger partial charge is 0.246 e. The van der Waals surface area contributed by atoms with Crippen LogP contribution in [0.4, 0.5) is 0 Å². The van der Waals surface area contributed by atoms with Gasteiger partial charge in [0, 0.05) is 23.7 Å². The van der Waals surface area contributed by atoms with E-state index in [4.69, 9.17) is 11.6 Å². The Kier molecular flexibility index (Phi) is 5.30. The summed E-state index contributed by atoms with van der Waals surface area (Å²) in [6, 6.07) is 6.25. The molecule has 3 rings (SSSR count). The van der Waals surface area contributed by atoms with E-state index >= 15 is 0 Å². The Morgan fingerprint density at radius 2 is 2.08 bits per heavy atom. The van der Waals surface area contributed by atoms with E-state index < -0.39 is 12.1 Å². The second-order valence-electron chi connectivity index (χ2n) is 5.83. The molecule has 0 saturated carbocycles. The molecule has 0 spiro atoms. The van der Waals surface area contributed by atoms with Crippen LogP contribution in [-0.2, 0) is 20.9 Å². The molecule has 128 valence electrons. The van der Waals surface area contributed by atoms with Gasteiger partial charge in [0.25, 0.3) is 0 Å². The molecule has 2 aliphatic heterocycles. The van der Waals surface area contributed by atoms with Crippen LogP contribution < -0.4 is 10.6 Å². The lowest BCUT2D eigenvalue weighted by Crippen LogP contribution is -2.52. The van der Waals surface area contributed by atoms with Crippen LogP contribution in [0, 0.1) is 0 Å². The largest absolute Gasteiger partial charge is 0.350 e. The summed E-state index contributed by atoms with van der Waals surface area (Å²) in [7, 11) is 0. The molecule has 0 unspecified atom stereocenters. The third kappa shape index (κ3) is 3.84. The van der Waals surface area contributed by atoms with E-state index in [0.717, 1.165) is 5.56 Å². The second kappa shape index (κ2) is 7.44. The zero-order valence-corrected chi connectivity index (χ0v) is 14.5. The van der Waals surface area contributed by atoms with Crippen LogP contribution in [0.25, 0.3) is 0 Å². The normalized spacial score (nSPS) is 23.2. The van der Waals surface area contributed by atoms with E-state index in [2.05, 4.69) is 10.6 Å². The van der Waals surface area contributed by atoms with Crippen molar-refractivity contribution in [1.29, 1.82) is 0 Å². The number of benzene rings is 1. The first kappa shape index (κ1) is 17.1. The van der Waals surface area contributed by atoms with Crippen LogP contribution in [0.15, 0.2) is 24.3 Å². The number of carbonyl (C=O) groups is 3. The number of nitrogens with zero attached hydrogens (tertiary/aromatic N) is 1. The fraction of sp³-hybridized carbons (Fsp3) is 0.438. The predicted octanol–water partition coefficient (Wildman–Crippen LogP) is 1.14. The topological polar surface area (TPSA) is 78.5 Å². The molecule has 2 saturated heterocycles. The van der Waals surface area contributed by atoms with E-state index in [0.29, 0.717) is 36.0 Å². The highest BCUT2D eigenvalue weighted by Gasteiger charge is 2.39. The lowest BCUT2D eigenvalue weighted by atomic mass is 10.1. The number of hydrogen-bond donors (Lipinski definition) is 2. The number of halogens is 1. The first-order valence-corrected chi connectivity index (χ1v) is 9.27. The number of thioether (sulfide) groups is 1. The fourth-order valence-electron chi connectivity index (χ4n) is 2.79. The second-order valence-corrected chi connectivity index (χ2v) is 7.26. The van der Waals surface area contributed by atoms with Crippen LogP contribution in [0.5, 0.6) is 0 Å². The summed E-state index contributed by atoms with van der Waals surface area (Å²) in [5.74, 6) is 0.595. The fourth-order valence-corrected chi connectivity index (χ4v) is 4.08. The molecule has 0 aromatic heterocycles. The summed E-state index contributed by atoms with van der Waals surface area (Å²) in [4.78, 5) is 37.8. The number of amides is 3. The third-order valence-corrected chi connectivity index (χ3v) is 5.41. The lowest BCUT2D eigenvalue weighted by Gasteiger charge is -2.25. The van der Waals surface area contributed by atoms with Gasteiger partial charge in [-0.2, -0.15) is 0 Å². The van der Waals surface area contributed by atoms with Crippen molar-refractivity contribution in [2.24, 2.45) is 0 Å². The molecule has 6 nitrogen and oxygen atoms in total. The molecule has 2 aliphatic rings. The molecule has 0 aliphatic carbocycles. The van der Waals surface area contributed by atoms with E-state index in [1.807, 2.05) is 12.1 Å². The first-order valence-electron chi connectivity index (χ1n) is 7.74. The summed E-state index contributed by atoms with van der Waals surface area (Å²) < 4.78 is 0. The Labute approximate surface area is 149 Å². The van der Waals surface area contributed by atoms with Gasteiger partial charge in [-0.05, 0) is 24.1 Å². The molecule has 0 radical (unpaired) electrons. The number of nitrogens with one attached hydrogen (secondary N) is 2. The maximum absolute atomic E-state index is 12.5. The molecule has 8 heteroatoms. The van der Waals surface area contributed by atoms with Gasteiger partial charge < -0.3 is 15.5 Å². The third-order valence-electron chi connectivity index (χ3n) is 4.14. The molecule has 1 aromatic carbocycles. The Bertz CT molecular complexity index is 652. The SMILES string of the molecule is O=C1CC[C@@H](C(=O)N2CSC[C@@H]2C(=O)NCc2ccc(Cl)cc2)N1. The maximum atomic E-state index is 12.5. The molecular formula is C16H18ClN3O3S. The highest BCUT2D eigenvalue weighted by molar-refractivity contribution is 7.99. The summed E-state index contributed by atoms with van der Waals surface area (Å²) in [6.45, 7) is 0.388. The minimum Gasteiger partial charge on any atom is -0.350 e. The van der Waals surface area contributed by atoms with Gasteiger partial charge in [0.05, 0.1) is 5.88 Å². The van der Waals surface area contributed by atoms with Crippen LogP contribution in [0.3, 0.4) is 0 Å². The lowest BCUT2D eigenvalue weighted by molar-refractivity contribution is -0.139. The predicted molar refractivity (Wildman–Crippen MR) is 92.4 cm³/mol. The van der Waals surface area contributed by atoms with Gasteiger partial charge in [0.1, 0.15) is 12.1 Å². The Hall–Kier alpha value is -1.73. The molecule has 3 amide bonds. The summed E-state index contributed by atoms with van der Waals surface area (Å²) >= 11 is 7.38. The Morgan fingerprint density at radius 1 is 1.33 bits per heavy atom. The molecule has 2 atom stereocenters. The van der Waals surface area contributed by atoms with Crippen LogP contribution in [0.1, 0.15) is 18.4 Å². The monoisotopic (exact) mass is 367 g/mol. The van der Waals surface area contributed by atoms with Gasteiger partial charge in [0.15, 0.2) is 0 Å². The van der Waals surface area contributed by atoms with Crippen molar-refractivity contribution in [2.45, 2.75) is 31.5 Å². The van der Waals surface area contributed by atoms with E-state index in [-0.39, 0.29) is 17.7 Å². The number of rotatable bonds is 4. The highest BCUT2D eigenvalue weighted by Crippen LogP contribution is 2.24. The molecular weight excluding hydrogens is 350 g/mol. The zero-order chi connectivity index (χ0) is 17.1. The number of carbonyl (C=O) groups excluding carboxylic acids is 3. The van der Waals surface area contributed by atoms with Gasteiger partial charge >= 0.3 is 0 Å². The average Bonchev–Trinajstić information content (AvgIpc) is 3.22. The maximum Gasteiger partial charge on any atom is 0.246 e. The summed E-state index contributed by atoms with van der Waals surface area (Å²) in [5.41, 5.74) is 0.944. The summed E-state index contributed by atoms with van der Waals surface area (Å²) in [5, 5.41) is 6.18. The Morgan fingerprint density at radius 3 is 2.75 bits per heavy atom. The van der Waals surface area contributed by atoms with Crippen LogP contribution in [0.2, 0.25) is 5.02 Å². The van der Waals surface area contributed by atoms with Gasteiger partial charge in [0.2, 0.25) is 17.7 Å². The van der Waals surface area contributed by atoms with Crippen LogP contribution in [-0.4, -0.2) is 46.3 Å². The standard InChI is InChI=1S/C16H18ClN3O3S/c17-11-3-1-10(2-4-11)7-18-15(22)13-8-24-9-20(13)16(23)12-5-6-14(21)19-12/h1-4,12-13H,5-9H2,(H,18,22)(H,19,21)/t12-,13+/m0/s1. The van der Waals surface area contributed by atoms with E-state index in [1.54, 1.807) is 28.8 Å². The van der Waals surface area contributed by atoms with Crippen molar-refractivity contribution in [3.63, 3.8) is 0 Å². The van der Waals surface area contributed by atoms with Gasteiger partial charge in [-0.1, -0.05) is 23.7 Å². The van der Waals surface area contributed by atoms with Crippen molar-refractivity contribution in [3.05, 3.63) is 34.9 Å². The van der Waals surface area contributed by atoms with E-state index in [9.17, 15) is 14.4 Å². The quantitative estimate of drug-likeness (QED) is 0.836. The Balaban J connectivity index is 1.58. The zero-order valence-electron chi connectivity index (χ0n) is 13.0. The van der Waals surface area contributed by atoms with Crippen molar-refractivity contribution in [3.8, 4) is 0 Å². The van der Waals surface area contributed by atoms with Crippen molar-refractivity contribution >= 4 is 41.1 Å². The number of hydrogen-bond acceptors (Lipinski definition) is 4. The van der Waals surface area contributed by atoms with E-state index in [1.165, 1.54) is 0 Å². The molecule has 2 heterocycles.